The molecule has 1 aromatic rings. The molecule has 0 spiro atoms. The molecule has 0 saturated carbocycles. The van der Waals surface area contributed by atoms with Gasteiger partial charge in [0.05, 0.1) is 18.3 Å². The van der Waals surface area contributed by atoms with Gasteiger partial charge in [-0.15, -0.1) is 0 Å². The van der Waals surface area contributed by atoms with Crippen molar-refractivity contribution < 1.29 is 4.79 Å². The molecule has 1 unspecified atom stereocenters. The standard InChI is InChI=1S/C15H23N3OS/c1-10-11-8-16-14(20-5)17-12(11)9-18(10)13(19)6-7-15(2,3)4/h8,10H,6-7,9H2,1-5H3. The molecular formula is C15H23N3OS. The number of thioether (sulfide) groups is 1. The quantitative estimate of drug-likeness (QED) is 0.633. The Morgan fingerprint density at radius 3 is 2.80 bits per heavy atom. The summed E-state index contributed by atoms with van der Waals surface area (Å²) in [5.74, 6) is 0.219. The molecule has 1 aromatic heterocycles. The Hall–Kier alpha value is -1.10. The lowest BCUT2D eigenvalue weighted by atomic mass is 9.90. The van der Waals surface area contributed by atoms with Crippen LogP contribution in [0.4, 0.5) is 0 Å². The fraction of sp³-hybridized carbons (Fsp3) is 0.667. The predicted octanol–water partition coefficient (Wildman–Crippen LogP) is 3.43. The van der Waals surface area contributed by atoms with E-state index in [2.05, 4.69) is 37.7 Å². The molecule has 2 rings (SSSR count). The third-order valence-electron chi connectivity index (χ3n) is 3.71. The first kappa shape index (κ1) is 15.3. The van der Waals surface area contributed by atoms with Crippen molar-refractivity contribution >= 4 is 17.7 Å². The molecule has 4 nitrogen and oxygen atoms in total. The number of carbonyl (C=O) groups is 1. The van der Waals surface area contributed by atoms with Gasteiger partial charge in [0.25, 0.3) is 0 Å². The van der Waals surface area contributed by atoms with Crippen LogP contribution >= 0.6 is 11.8 Å². The predicted molar refractivity (Wildman–Crippen MR) is 81.5 cm³/mol. The number of nitrogens with zero attached hydrogens (tertiary/aromatic N) is 3. The van der Waals surface area contributed by atoms with E-state index in [0.717, 1.165) is 22.8 Å². The molecule has 0 radical (unpaired) electrons. The average molecular weight is 293 g/mol. The highest BCUT2D eigenvalue weighted by Crippen LogP contribution is 2.33. The van der Waals surface area contributed by atoms with Gasteiger partial charge in [0.15, 0.2) is 5.16 Å². The molecule has 1 aliphatic rings. The highest BCUT2D eigenvalue weighted by atomic mass is 32.2. The first-order valence-corrected chi connectivity index (χ1v) is 8.23. The van der Waals surface area contributed by atoms with Crippen LogP contribution in [0.5, 0.6) is 0 Å². The van der Waals surface area contributed by atoms with Crippen molar-refractivity contribution in [2.24, 2.45) is 5.41 Å². The SMILES string of the molecule is CSc1ncc2c(n1)CN(C(=O)CCC(C)(C)C)C2C. The lowest BCUT2D eigenvalue weighted by Crippen LogP contribution is -2.28. The van der Waals surface area contributed by atoms with Crippen LogP contribution < -0.4 is 0 Å². The number of hydrogen-bond acceptors (Lipinski definition) is 4. The molecule has 1 amide bonds. The molecule has 110 valence electrons. The van der Waals surface area contributed by atoms with Gasteiger partial charge in [0, 0.05) is 18.2 Å². The van der Waals surface area contributed by atoms with Crippen LogP contribution in [-0.4, -0.2) is 27.0 Å². The van der Waals surface area contributed by atoms with Gasteiger partial charge < -0.3 is 4.90 Å². The molecule has 0 saturated heterocycles. The Morgan fingerprint density at radius 1 is 1.50 bits per heavy atom. The maximum atomic E-state index is 12.4. The van der Waals surface area contributed by atoms with Gasteiger partial charge in [-0.3, -0.25) is 4.79 Å². The van der Waals surface area contributed by atoms with Gasteiger partial charge >= 0.3 is 0 Å². The number of rotatable bonds is 3. The van der Waals surface area contributed by atoms with Crippen LogP contribution in [0.15, 0.2) is 11.4 Å². The second-order valence-corrected chi connectivity index (χ2v) is 7.29. The number of fused-ring (bicyclic) bond motifs is 1. The molecule has 0 aliphatic carbocycles. The van der Waals surface area contributed by atoms with E-state index in [1.54, 1.807) is 0 Å². The zero-order chi connectivity index (χ0) is 14.9. The fourth-order valence-corrected chi connectivity index (χ4v) is 2.74. The van der Waals surface area contributed by atoms with Crippen molar-refractivity contribution in [3.05, 3.63) is 17.5 Å². The summed E-state index contributed by atoms with van der Waals surface area (Å²) in [5.41, 5.74) is 2.28. The van der Waals surface area contributed by atoms with E-state index < -0.39 is 0 Å². The number of carbonyl (C=O) groups excluding carboxylic acids is 1. The number of aromatic nitrogens is 2. The van der Waals surface area contributed by atoms with Gasteiger partial charge in [-0.25, -0.2) is 9.97 Å². The molecule has 20 heavy (non-hydrogen) atoms. The summed E-state index contributed by atoms with van der Waals surface area (Å²) in [6.45, 7) is 9.18. The van der Waals surface area contributed by atoms with Gasteiger partial charge in [-0.05, 0) is 25.0 Å². The zero-order valence-corrected chi connectivity index (χ0v) is 13.8. The molecule has 1 atom stereocenters. The smallest absolute Gasteiger partial charge is 0.223 e. The lowest BCUT2D eigenvalue weighted by molar-refractivity contribution is -0.133. The summed E-state index contributed by atoms with van der Waals surface area (Å²) in [6.07, 6.45) is 5.35. The van der Waals surface area contributed by atoms with E-state index in [9.17, 15) is 4.79 Å². The Balaban J connectivity index is 2.08. The third kappa shape index (κ3) is 3.32. The zero-order valence-electron chi connectivity index (χ0n) is 12.9. The van der Waals surface area contributed by atoms with Crippen molar-refractivity contribution in [2.75, 3.05) is 6.26 Å². The van der Waals surface area contributed by atoms with Gasteiger partial charge in [0.1, 0.15) is 0 Å². The number of amides is 1. The van der Waals surface area contributed by atoms with Crippen LogP contribution in [0.2, 0.25) is 0 Å². The second kappa shape index (κ2) is 5.72. The summed E-state index contributed by atoms with van der Waals surface area (Å²) in [5, 5.41) is 0.778. The van der Waals surface area contributed by atoms with Crippen molar-refractivity contribution in [1.82, 2.24) is 14.9 Å². The molecule has 0 aromatic carbocycles. The van der Waals surface area contributed by atoms with Crippen LogP contribution in [0, 0.1) is 5.41 Å². The van der Waals surface area contributed by atoms with Crippen LogP contribution in [0.3, 0.4) is 0 Å². The highest BCUT2D eigenvalue weighted by molar-refractivity contribution is 7.98. The van der Waals surface area contributed by atoms with Crippen molar-refractivity contribution in [3.63, 3.8) is 0 Å². The second-order valence-electron chi connectivity index (χ2n) is 6.52. The van der Waals surface area contributed by atoms with E-state index >= 15 is 0 Å². The molecule has 0 fully saturated rings. The summed E-state index contributed by atoms with van der Waals surface area (Å²) in [6, 6.07) is 0.0911. The summed E-state index contributed by atoms with van der Waals surface area (Å²) in [4.78, 5) is 23.2. The van der Waals surface area contributed by atoms with E-state index in [1.807, 2.05) is 17.4 Å². The summed E-state index contributed by atoms with van der Waals surface area (Å²) < 4.78 is 0. The maximum Gasteiger partial charge on any atom is 0.223 e. The maximum absolute atomic E-state index is 12.4. The monoisotopic (exact) mass is 293 g/mol. The van der Waals surface area contributed by atoms with Crippen LogP contribution in [0.1, 0.15) is 57.8 Å². The van der Waals surface area contributed by atoms with E-state index in [-0.39, 0.29) is 17.4 Å². The molecule has 5 heteroatoms. The van der Waals surface area contributed by atoms with Gasteiger partial charge in [0.2, 0.25) is 5.91 Å². The van der Waals surface area contributed by atoms with Crippen LogP contribution in [0.25, 0.3) is 0 Å². The molecule has 2 heterocycles. The minimum absolute atomic E-state index is 0.0911. The molecule has 0 bridgehead atoms. The molecular weight excluding hydrogens is 270 g/mol. The Labute approximate surface area is 125 Å². The molecule has 1 aliphatic heterocycles. The molecule has 0 N–H and O–H groups in total. The van der Waals surface area contributed by atoms with Crippen molar-refractivity contribution in [3.8, 4) is 0 Å². The van der Waals surface area contributed by atoms with Gasteiger partial charge in [-0.2, -0.15) is 0 Å². The Kier molecular flexibility index (Phi) is 4.37. The van der Waals surface area contributed by atoms with E-state index in [0.29, 0.717) is 13.0 Å². The van der Waals surface area contributed by atoms with E-state index in [1.165, 1.54) is 11.8 Å². The Morgan fingerprint density at radius 2 is 2.20 bits per heavy atom. The lowest BCUT2D eigenvalue weighted by Gasteiger charge is -2.24. The summed E-state index contributed by atoms with van der Waals surface area (Å²) >= 11 is 1.53. The first-order valence-electron chi connectivity index (χ1n) is 7.01. The summed E-state index contributed by atoms with van der Waals surface area (Å²) in [7, 11) is 0. The fourth-order valence-electron chi connectivity index (χ4n) is 2.38. The largest absolute Gasteiger partial charge is 0.330 e. The average Bonchev–Trinajstić information content (AvgIpc) is 2.72. The van der Waals surface area contributed by atoms with Gasteiger partial charge in [-0.1, -0.05) is 32.5 Å². The highest BCUT2D eigenvalue weighted by Gasteiger charge is 2.32. The normalized spacial score (nSPS) is 18.2. The van der Waals surface area contributed by atoms with E-state index in [4.69, 9.17) is 0 Å². The Bertz CT molecular complexity index is 510. The third-order valence-corrected chi connectivity index (χ3v) is 4.27. The number of hydrogen-bond donors (Lipinski definition) is 0. The minimum atomic E-state index is 0.0911. The van der Waals surface area contributed by atoms with Crippen molar-refractivity contribution in [2.45, 2.75) is 58.3 Å². The van der Waals surface area contributed by atoms with Crippen LogP contribution in [-0.2, 0) is 11.3 Å². The minimum Gasteiger partial charge on any atom is -0.330 e. The van der Waals surface area contributed by atoms with Crippen molar-refractivity contribution in [1.29, 1.82) is 0 Å². The topological polar surface area (TPSA) is 46.1 Å². The first-order chi connectivity index (χ1) is 9.31.